The van der Waals surface area contributed by atoms with Gasteiger partial charge in [-0.05, 0) is 55.4 Å². The summed E-state index contributed by atoms with van der Waals surface area (Å²) in [4.78, 5) is 11.4. The number of phenolic OH excluding ortho intramolecular Hbond substituents is 1. The summed E-state index contributed by atoms with van der Waals surface area (Å²) < 4.78 is 0. The van der Waals surface area contributed by atoms with Gasteiger partial charge in [0.2, 0.25) is 5.91 Å². The maximum Gasteiger partial charge on any atom is 0.223 e. The number of amides is 1. The van der Waals surface area contributed by atoms with Crippen molar-refractivity contribution in [2.24, 2.45) is 5.92 Å². The Bertz CT molecular complexity index is 686. The van der Waals surface area contributed by atoms with Gasteiger partial charge in [-0.1, -0.05) is 41.9 Å². The molecule has 2 N–H and O–H groups in total. The molecule has 1 saturated heterocycles. The molecule has 1 aliphatic heterocycles. The van der Waals surface area contributed by atoms with Crippen LogP contribution < -0.4 is 5.32 Å². The molecule has 1 atom stereocenters. The van der Waals surface area contributed by atoms with Gasteiger partial charge in [-0.25, -0.2) is 0 Å². The van der Waals surface area contributed by atoms with Crippen molar-refractivity contribution in [2.75, 3.05) is 6.54 Å². The molecule has 1 aliphatic carbocycles. The number of halogens is 1. The topological polar surface area (TPSA) is 49.3 Å². The second kappa shape index (κ2) is 7.71. The van der Waals surface area contributed by atoms with Crippen molar-refractivity contribution in [3.8, 4) is 5.75 Å². The fraction of sp³-hybridized carbons (Fsp3) is 0.350. The van der Waals surface area contributed by atoms with Gasteiger partial charge in [-0.2, -0.15) is 0 Å². The predicted molar refractivity (Wildman–Crippen MR) is 96.4 cm³/mol. The lowest BCUT2D eigenvalue weighted by atomic mass is 9.97. The summed E-state index contributed by atoms with van der Waals surface area (Å²) in [6.45, 7) is 0.717. The second-order valence-electron chi connectivity index (χ2n) is 6.34. The summed E-state index contributed by atoms with van der Waals surface area (Å²) in [5.74, 6) is 0.160. The Hall–Kier alpha value is -2.00. The lowest BCUT2D eigenvalue weighted by Crippen LogP contribution is -2.20. The molecule has 0 bridgehead atoms. The number of aromatic hydroxyl groups is 1. The van der Waals surface area contributed by atoms with Crippen LogP contribution in [0.25, 0.3) is 0 Å². The maximum atomic E-state index is 11.4. The van der Waals surface area contributed by atoms with Crippen LogP contribution in [0.3, 0.4) is 0 Å². The van der Waals surface area contributed by atoms with Crippen molar-refractivity contribution in [2.45, 2.75) is 32.1 Å². The van der Waals surface area contributed by atoms with Crippen molar-refractivity contribution < 1.29 is 9.90 Å². The molecule has 4 heteroatoms. The summed E-state index contributed by atoms with van der Waals surface area (Å²) in [5.41, 5.74) is 3.80. The van der Waals surface area contributed by atoms with Crippen LogP contribution in [0.2, 0.25) is 5.02 Å². The van der Waals surface area contributed by atoms with E-state index in [-0.39, 0.29) is 17.6 Å². The molecular weight excluding hydrogens is 322 g/mol. The number of nitrogens with one attached hydrogen (secondary N) is 1. The molecule has 0 radical (unpaired) electrons. The third-order valence-corrected chi connectivity index (χ3v) is 5.07. The minimum Gasteiger partial charge on any atom is -0.508 e. The van der Waals surface area contributed by atoms with Gasteiger partial charge in [0, 0.05) is 23.0 Å². The summed E-state index contributed by atoms with van der Waals surface area (Å²) in [5, 5.41) is 12.9. The monoisotopic (exact) mass is 343 g/mol. The zero-order chi connectivity index (χ0) is 16.9. The van der Waals surface area contributed by atoms with E-state index in [0.29, 0.717) is 23.6 Å². The van der Waals surface area contributed by atoms with Gasteiger partial charge in [0.25, 0.3) is 0 Å². The highest BCUT2D eigenvalue weighted by Gasteiger charge is 2.25. The Balaban J connectivity index is 0.000000159. The number of carbonyl (C=O) groups is 1. The van der Waals surface area contributed by atoms with Crippen LogP contribution in [0.15, 0.2) is 42.5 Å². The minimum absolute atomic E-state index is 0.0503. The Morgan fingerprint density at radius 3 is 2.38 bits per heavy atom. The van der Waals surface area contributed by atoms with Crippen LogP contribution in [-0.2, 0) is 24.1 Å². The Morgan fingerprint density at radius 2 is 1.79 bits per heavy atom. The van der Waals surface area contributed by atoms with Crippen molar-refractivity contribution in [3.63, 3.8) is 0 Å². The summed E-state index contributed by atoms with van der Waals surface area (Å²) >= 11 is 5.96. The lowest BCUT2D eigenvalue weighted by Gasteiger charge is -2.10. The van der Waals surface area contributed by atoms with E-state index in [2.05, 4.69) is 29.6 Å². The average molecular weight is 344 g/mol. The van der Waals surface area contributed by atoms with Gasteiger partial charge in [0.15, 0.2) is 0 Å². The highest BCUT2D eigenvalue weighted by atomic mass is 35.5. The van der Waals surface area contributed by atoms with E-state index in [4.69, 9.17) is 11.6 Å². The smallest absolute Gasteiger partial charge is 0.223 e. The number of fused-ring (bicyclic) bond motifs is 1. The molecule has 1 unspecified atom stereocenters. The molecule has 1 fully saturated rings. The van der Waals surface area contributed by atoms with E-state index < -0.39 is 0 Å². The molecule has 2 aliphatic rings. The fourth-order valence-electron chi connectivity index (χ4n) is 3.35. The Labute approximate surface area is 147 Å². The van der Waals surface area contributed by atoms with Crippen LogP contribution in [-0.4, -0.2) is 17.6 Å². The number of benzene rings is 2. The molecule has 2 aromatic carbocycles. The largest absolute Gasteiger partial charge is 0.508 e. The standard InChI is InChI=1S/C11H12ClNO2.C9H10/c12-9-2-1-3-10(14)8(9)6-7-4-5-13-11(7)15;1-2-5-9-7-3-6-8(9)4-1/h1-3,7,14H,4-6H2,(H,13,15);1-2,4-5H,3,6-7H2. The average Bonchev–Trinajstić information content (AvgIpc) is 3.20. The first-order valence-corrected chi connectivity index (χ1v) is 8.84. The quantitative estimate of drug-likeness (QED) is 0.868. The van der Waals surface area contributed by atoms with E-state index in [1.54, 1.807) is 29.3 Å². The fourth-order valence-corrected chi connectivity index (χ4v) is 3.60. The van der Waals surface area contributed by atoms with Gasteiger partial charge in [0.1, 0.15) is 5.75 Å². The minimum atomic E-state index is -0.0594. The van der Waals surface area contributed by atoms with E-state index >= 15 is 0 Å². The third-order valence-electron chi connectivity index (χ3n) is 4.72. The molecule has 1 heterocycles. The molecule has 126 valence electrons. The van der Waals surface area contributed by atoms with E-state index in [1.807, 2.05) is 0 Å². The molecular formula is C20H22ClNO2. The summed E-state index contributed by atoms with van der Waals surface area (Å²) in [6, 6.07) is 13.7. The Morgan fingerprint density at radius 1 is 1.08 bits per heavy atom. The normalized spacial score (nSPS) is 18.5. The predicted octanol–water partition coefficient (Wildman–Crippen LogP) is 3.90. The second-order valence-corrected chi connectivity index (χ2v) is 6.75. The lowest BCUT2D eigenvalue weighted by molar-refractivity contribution is -0.122. The Kier molecular flexibility index (Phi) is 5.41. The third kappa shape index (κ3) is 3.90. The van der Waals surface area contributed by atoms with Crippen LogP contribution in [0.4, 0.5) is 0 Å². The molecule has 4 rings (SSSR count). The van der Waals surface area contributed by atoms with Crippen LogP contribution in [0.5, 0.6) is 5.75 Å². The number of hydrogen-bond donors (Lipinski definition) is 2. The summed E-state index contributed by atoms with van der Waals surface area (Å²) in [6.07, 6.45) is 5.28. The van der Waals surface area contributed by atoms with E-state index in [9.17, 15) is 9.90 Å². The van der Waals surface area contributed by atoms with Gasteiger partial charge < -0.3 is 10.4 Å². The number of hydrogen-bond acceptors (Lipinski definition) is 2. The zero-order valence-corrected chi connectivity index (χ0v) is 14.4. The van der Waals surface area contributed by atoms with Gasteiger partial charge in [0.05, 0.1) is 0 Å². The summed E-state index contributed by atoms with van der Waals surface area (Å²) in [7, 11) is 0. The van der Waals surface area contributed by atoms with Gasteiger partial charge in [-0.3, -0.25) is 4.79 Å². The van der Waals surface area contributed by atoms with Crippen LogP contribution in [0, 0.1) is 5.92 Å². The van der Waals surface area contributed by atoms with Crippen molar-refractivity contribution in [1.29, 1.82) is 0 Å². The first-order valence-electron chi connectivity index (χ1n) is 8.46. The zero-order valence-electron chi connectivity index (χ0n) is 13.6. The molecule has 0 saturated carbocycles. The molecule has 0 aromatic heterocycles. The molecule has 0 spiro atoms. The van der Waals surface area contributed by atoms with E-state index in [0.717, 1.165) is 6.42 Å². The van der Waals surface area contributed by atoms with Crippen molar-refractivity contribution in [3.05, 3.63) is 64.2 Å². The van der Waals surface area contributed by atoms with Crippen LogP contribution >= 0.6 is 11.6 Å². The highest BCUT2D eigenvalue weighted by Crippen LogP contribution is 2.29. The molecule has 2 aromatic rings. The van der Waals surface area contributed by atoms with Crippen molar-refractivity contribution >= 4 is 17.5 Å². The number of rotatable bonds is 2. The van der Waals surface area contributed by atoms with Gasteiger partial charge >= 0.3 is 0 Å². The molecule has 1 amide bonds. The maximum absolute atomic E-state index is 11.4. The highest BCUT2D eigenvalue weighted by molar-refractivity contribution is 6.31. The number of phenols is 1. The van der Waals surface area contributed by atoms with E-state index in [1.165, 1.54) is 19.3 Å². The van der Waals surface area contributed by atoms with Gasteiger partial charge in [-0.15, -0.1) is 0 Å². The SMILES string of the molecule is O=C1NCCC1Cc1c(O)cccc1Cl.c1ccc2c(c1)CCC2. The first-order chi connectivity index (χ1) is 11.6. The molecule has 24 heavy (non-hydrogen) atoms. The first kappa shape index (κ1) is 16.8. The molecule has 3 nitrogen and oxygen atoms in total. The van der Waals surface area contributed by atoms with Crippen LogP contribution in [0.1, 0.15) is 29.5 Å². The number of aryl methyl sites for hydroxylation is 2. The van der Waals surface area contributed by atoms with Crippen molar-refractivity contribution in [1.82, 2.24) is 5.32 Å². The number of carbonyl (C=O) groups excluding carboxylic acids is 1.